The maximum Gasteiger partial charge on any atom is 0.191 e. The van der Waals surface area contributed by atoms with Gasteiger partial charge < -0.3 is 15.7 Å². The monoisotopic (exact) mass is 509 g/mol. The van der Waals surface area contributed by atoms with Gasteiger partial charge in [-0.1, -0.05) is 29.8 Å². The Kier molecular flexibility index (Phi) is 9.97. The van der Waals surface area contributed by atoms with Crippen LogP contribution in [0.15, 0.2) is 47.5 Å². The topological polar surface area (TPSA) is 56.7 Å². The van der Waals surface area contributed by atoms with Crippen LogP contribution in [0, 0.1) is 11.6 Å². The quantitative estimate of drug-likeness (QED) is 0.303. The Morgan fingerprint density at radius 3 is 2.33 bits per heavy atom. The van der Waals surface area contributed by atoms with Crippen LogP contribution in [0.4, 0.5) is 8.78 Å². The highest BCUT2D eigenvalue weighted by Crippen LogP contribution is 2.18. The second kappa shape index (κ2) is 11.4. The maximum absolute atomic E-state index is 13.4. The van der Waals surface area contributed by atoms with Crippen LogP contribution in [0.2, 0.25) is 5.02 Å². The highest BCUT2D eigenvalue weighted by atomic mass is 127. The molecule has 0 spiro atoms. The van der Waals surface area contributed by atoms with Crippen molar-refractivity contribution >= 4 is 41.5 Å². The van der Waals surface area contributed by atoms with E-state index in [2.05, 4.69) is 15.6 Å². The molecular weight excluding hydrogens is 487 g/mol. The Balaban J connectivity index is 0.00000364. The number of guanidine groups is 1. The molecule has 3 N–H and O–H groups in total. The molecular formula is C19H23ClF2IN3O. The molecule has 0 saturated carbocycles. The van der Waals surface area contributed by atoms with Crippen molar-refractivity contribution in [1.82, 2.24) is 10.6 Å². The Morgan fingerprint density at radius 1 is 1.11 bits per heavy atom. The number of benzene rings is 2. The number of aliphatic hydroxyl groups excluding tert-OH is 1. The van der Waals surface area contributed by atoms with Crippen molar-refractivity contribution in [2.45, 2.75) is 26.0 Å². The molecule has 0 bridgehead atoms. The van der Waals surface area contributed by atoms with E-state index >= 15 is 0 Å². The van der Waals surface area contributed by atoms with Gasteiger partial charge in [0.25, 0.3) is 0 Å². The lowest BCUT2D eigenvalue weighted by Gasteiger charge is -2.19. The van der Waals surface area contributed by atoms with E-state index in [4.69, 9.17) is 11.6 Å². The van der Waals surface area contributed by atoms with E-state index in [-0.39, 0.29) is 36.6 Å². The Hall–Kier alpha value is -1.45. The molecule has 0 radical (unpaired) electrons. The average Bonchev–Trinajstić information content (AvgIpc) is 2.62. The molecule has 2 aromatic carbocycles. The van der Waals surface area contributed by atoms with Gasteiger partial charge in [0.1, 0.15) is 0 Å². The van der Waals surface area contributed by atoms with Crippen LogP contribution in [0.1, 0.15) is 37.1 Å². The molecule has 2 rings (SSSR count). The number of hydrogen-bond acceptors (Lipinski definition) is 2. The van der Waals surface area contributed by atoms with E-state index in [0.717, 1.165) is 12.1 Å². The van der Waals surface area contributed by atoms with Gasteiger partial charge in [-0.3, -0.25) is 4.99 Å². The van der Waals surface area contributed by atoms with Crippen LogP contribution >= 0.6 is 35.6 Å². The third-order valence-electron chi connectivity index (χ3n) is 3.82. The summed E-state index contributed by atoms with van der Waals surface area (Å²) in [6.07, 6.45) is -0.777. The highest BCUT2D eigenvalue weighted by molar-refractivity contribution is 14.0. The van der Waals surface area contributed by atoms with Gasteiger partial charge in [0, 0.05) is 11.6 Å². The minimum Gasteiger partial charge on any atom is -0.386 e. The van der Waals surface area contributed by atoms with Crippen molar-refractivity contribution in [3.63, 3.8) is 0 Å². The molecule has 4 nitrogen and oxygen atoms in total. The second-order valence-electron chi connectivity index (χ2n) is 5.83. The van der Waals surface area contributed by atoms with Crippen LogP contribution in [-0.2, 0) is 0 Å². The summed E-state index contributed by atoms with van der Waals surface area (Å²) >= 11 is 5.84. The molecule has 0 aliphatic rings. The first-order chi connectivity index (χ1) is 12.4. The fourth-order valence-electron chi connectivity index (χ4n) is 2.36. The summed E-state index contributed by atoms with van der Waals surface area (Å²) in [5, 5.41) is 17.0. The molecule has 0 aliphatic carbocycles. The summed E-state index contributed by atoms with van der Waals surface area (Å²) in [5.41, 5.74) is 1.30. The maximum atomic E-state index is 13.4. The number of hydrogen-bond donors (Lipinski definition) is 3. The van der Waals surface area contributed by atoms with E-state index in [0.29, 0.717) is 28.7 Å². The molecule has 2 aromatic rings. The van der Waals surface area contributed by atoms with Crippen molar-refractivity contribution in [1.29, 1.82) is 0 Å². The Morgan fingerprint density at radius 2 is 1.74 bits per heavy atom. The molecule has 2 atom stereocenters. The van der Waals surface area contributed by atoms with Crippen LogP contribution in [0.5, 0.6) is 0 Å². The van der Waals surface area contributed by atoms with Gasteiger partial charge >= 0.3 is 0 Å². The van der Waals surface area contributed by atoms with E-state index < -0.39 is 17.7 Å². The van der Waals surface area contributed by atoms with Gasteiger partial charge in [-0.15, -0.1) is 24.0 Å². The molecule has 0 aromatic heterocycles. The van der Waals surface area contributed by atoms with Gasteiger partial charge in [-0.2, -0.15) is 0 Å². The lowest BCUT2D eigenvalue weighted by molar-refractivity contribution is 0.187. The Bertz CT molecular complexity index is 759. The van der Waals surface area contributed by atoms with Crippen molar-refractivity contribution in [3.05, 3.63) is 70.2 Å². The molecule has 8 heteroatoms. The lowest BCUT2D eigenvalue weighted by atomic mass is 10.1. The van der Waals surface area contributed by atoms with Gasteiger partial charge in [-0.05, 0) is 49.2 Å². The highest BCUT2D eigenvalue weighted by Gasteiger charge is 2.12. The summed E-state index contributed by atoms with van der Waals surface area (Å²) < 4.78 is 26.5. The number of aliphatic hydroxyl groups is 1. The van der Waals surface area contributed by atoms with Crippen LogP contribution in [-0.4, -0.2) is 24.2 Å². The largest absolute Gasteiger partial charge is 0.386 e. The minimum absolute atomic E-state index is 0. The summed E-state index contributed by atoms with van der Waals surface area (Å²) in [7, 11) is 0. The number of aliphatic imine (C=N–C) groups is 1. The molecule has 148 valence electrons. The molecule has 0 amide bonds. The third kappa shape index (κ3) is 7.23. The zero-order valence-electron chi connectivity index (χ0n) is 15.0. The first kappa shape index (κ1) is 23.6. The van der Waals surface area contributed by atoms with E-state index in [1.54, 1.807) is 24.3 Å². The zero-order chi connectivity index (χ0) is 19.1. The molecule has 0 fully saturated rings. The average molecular weight is 510 g/mol. The van der Waals surface area contributed by atoms with E-state index in [9.17, 15) is 13.9 Å². The normalized spacial score (nSPS) is 13.5. The number of halogens is 4. The van der Waals surface area contributed by atoms with Crippen LogP contribution in [0.3, 0.4) is 0 Å². The van der Waals surface area contributed by atoms with E-state index in [1.165, 1.54) is 6.07 Å². The summed E-state index contributed by atoms with van der Waals surface area (Å²) in [4.78, 5) is 4.36. The van der Waals surface area contributed by atoms with Crippen LogP contribution in [0.25, 0.3) is 0 Å². The standard InChI is InChI=1S/C19H22ClF2N3O.HI/c1-3-23-19(24-11-18(26)13-4-7-15(20)8-5-13)25-12(2)14-6-9-16(21)17(22)10-14;/h4-10,12,18,26H,3,11H2,1-2H3,(H2,23,24,25);1H. The smallest absolute Gasteiger partial charge is 0.191 e. The van der Waals surface area contributed by atoms with Crippen molar-refractivity contribution in [2.24, 2.45) is 4.99 Å². The van der Waals surface area contributed by atoms with Gasteiger partial charge in [0.2, 0.25) is 0 Å². The van der Waals surface area contributed by atoms with Gasteiger partial charge in [0.05, 0.1) is 18.7 Å². The first-order valence-corrected chi connectivity index (χ1v) is 8.71. The van der Waals surface area contributed by atoms with E-state index in [1.807, 2.05) is 13.8 Å². The third-order valence-corrected chi connectivity index (χ3v) is 4.07. The molecule has 0 aliphatic heterocycles. The van der Waals surface area contributed by atoms with Crippen molar-refractivity contribution in [2.75, 3.05) is 13.1 Å². The summed E-state index contributed by atoms with van der Waals surface area (Å²) in [6, 6.07) is 10.4. The minimum atomic E-state index is -0.892. The Labute approximate surface area is 180 Å². The fraction of sp³-hybridized carbons (Fsp3) is 0.316. The summed E-state index contributed by atoms with van der Waals surface area (Å²) in [6.45, 7) is 4.49. The molecule has 0 saturated heterocycles. The number of rotatable bonds is 6. The van der Waals surface area contributed by atoms with Crippen molar-refractivity contribution < 1.29 is 13.9 Å². The van der Waals surface area contributed by atoms with Crippen molar-refractivity contribution in [3.8, 4) is 0 Å². The predicted octanol–water partition coefficient (Wildman–Crippen LogP) is 4.59. The summed E-state index contributed by atoms with van der Waals surface area (Å²) in [5.74, 6) is -1.30. The first-order valence-electron chi connectivity index (χ1n) is 8.34. The fourth-order valence-corrected chi connectivity index (χ4v) is 2.48. The SMILES string of the molecule is CCNC(=NCC(O)c1ccc(Cl)cc1)NC(C)c1ccc(F)c(F)c1.I. The lowest BCUT2D eigenvalue weighted by Crippen LogP contribution is -2.39. The molecule has 0 heterocycles. The van der Waals surface area contributed by atoms with Gasteiger partial charge in [0.15, 0.2) is 17.6 Å². The number of nitrogens with one attached hydrogen (secondary N) is 2. The second-order valence-corrected chi connectivity index (χ2v) is 6.26. The molecule has 2 unspecified atom stereocenters. The zero-order valence-corrected chi connectivity index (χ0v) is 18.1. The number of nitrogens with zero attached hydrogens (tertiary/aromatic N) is 1. The van der Waals surface area contributed by atoms with Gasteiger partial charge in [-0.25, -0.2) is 8.78 Å². The van der Waals surface area contributed by atoms with Crippen LogP contribution < -0.4 is 10.6 Å². The molecule has 27 heavy (non-hydrogen) atoms. The predicted molar refractivity (Wildman–Crippen MR) is 116 cm³/mol.